The Morgan fingerprint density at radius 1 is 1.44 bits per heavy atom. The molecule has 2 N–H and O–H groups in total. The number of nitrogens with zero attached hydrogens (tertiary/aromatic N) is 1. The van der Waals surface area contributed by atoms with E-state index in [0.717, 1.165) is 0 Å². The van der Waals surface area contributed by atoms with Crippen LogP contribution in [0.5, 0.6) is 0 Å². The number of carboxylic acid groups (broad SMARTS) is 1. The van der Waals surface area contributed by atoms with Crippen LogP contribution in [0.4, 0.5) is 0 Å². The lowest BCUT2D eigenvalue weighted by molar-refractivity contribution is -0.122. The zero-order valence-corrected chi connectivity index (χ0v) is 8.38. The van der Waals surface area contributed by atoms with Gasteiger partial charge in [0.1, 0.15) is 0 Å². The summed E-state index contributed by atoms with van der Waals surface area (Å²) in [5.41, 5.74) is 3.03. The Morgan fingerprint density at radius 2 is 2.19 bits per heavy atom. The van der Waals surface area contributed by atoms with Crippen LogP contribution in [-0.4, -0.2) is 23.2 Å². The molecule has 0 aliphatic carbocycles. The lowest BCUT2D eigenvalue weighted by Gasteiger charge is -2.18. The molecule has 0 aromatic heterocycles. The Labute approximate surface area is 91.8 Å². The van der Waals surface area contributed by atoms with Gasteiger partial charge in [-0.25, -0.2) is 10.2 Å². The van der Waals surface area contributed by atoms with Crippen molar-refractivity contribution in [3.05, 3.63) is 35.4 Å². The number of aromatic carboxylic acids is 1. The molecule has 5 heteroatoms. The van der Waals surface area contributed by atoms with E-state index in [0.29, 0.717) is 12.0 Å². The number of amides is 1. The fraction of sp³-hybridized carbons (Fsp3) is 0.182. The van der Waals surface area contributed by atoms with Crippen molar-refractivity contribution in [2.45, 2.75) is 12.3 Å². The highest BCUT2D eigenvalue weighted by atomic mass is 16.4. The molecule has 0 bridgehead atoms. The maximum Gasteiger partial charge on any atom is 0.335 e. The van der Waals surface area contributed by atoms with Crippen LogP contribution in [0.25, 0.3) is 0 Å². The summed E-state index contributed by atoms with van der Waals surface area (Å²) in [4.78, 5) is 22.6. The second-order valence-corrected chi connectivity index (χ2v) is 3.47. The molecule has 82 valence electrons. The van der Waals surface area contributed by atoms with E-state index in [-0.39, 0.29) is 11.5 Å². The van der Waals surface area contributed by atoms with Crippen molar-refractivity contribution in [2.75, 3.05) is 0 Å². The third kappa shape index (κ3) is 1.79. The summed E-state index contributed by atoms with van der Waals surface area (Å²) in [5.74, 6) is -1.76. The van der Waals surface area contributed by atoms with Crippen LogP contribution in [0.1, 0.15) is 28.3 Å². The first-order valence-electron chi connectivity index (χ1n) is 4.83. The van der Waals surface area contributed by atoms with E-state index in [1.165, 1.54) is 6.07 Å². The molecular formula is C11H10N2O3. The minimum Gasteiger partial charge on any atom is -0.478 e. The number of carboxylic acids is 1. The van der Waals surface area contributed by atoms with E-state index in [1.807, 2.05) is 0 Å². The van der Waals surface area contributed by atoms with Crippen molar-refractivity contribution in [1.82, 2.24) is 5.43 Å². The zero-order chi connectivity index (χ0) is 11.5. The summed E-state index contributed by atoms with van der Waals surface area (Å²) in [6.07, 6.45) is 2.00. The Balaban J connectivity index is 2.43. The molecule has 2 rings (SSSR count). The smallest absolute Gasteiger partial charge is 0.335 e. The Morgan fingerprint density at radius 3 is 2.88 bits per heavy atom. The number of carbonyl (C=O) groups excluding carboxylic acids is 1. The van der Waals surface area contributed by atoms with E-state index in [9.17, 15) is 9.59 Å². The van der Waals surface area contributed by atoms with Crippen LogP contribution < -0.4 is 5.43 Å². The highest BCUT2D eigenvalue weighted by Crippen LogP contribution is 2.24. The predicted molar refractivity (Wildman–Crippen MR) is 57.4 cm³/mol. The van der Waals surface area contributed by atoms with Gasteiger partial charge in [0.25, 0.3) is 0 Å². The topological polar surface area (TPSA) is 78.8 Å². The van der Waals surface area contributed by atoms with Gasteiger partial charge in [-0.3, -0.25) is 4.79 Å². The zero-order valence-electron chi connectivity index (χ0n) is 8.38. The maximum atomic E-state index is 11.6. The standard InChI is InChI=1S/C11H10N2O3/c14-10-8(5-6-12-13-10)7-3-1-2-4-9(7)11(15)16/h1-4,6,8H,5H2,(H,13,14)(H,15,16). The SMILES string of the molecule is O=C(O)c1ccccc1C1CC=NNC1=O. The molecule has 1 aliphatic rings. The van der Waals surface area contributed by atoms with Gasteiger partial charge in [-0.2, -0.15) is 5.10 Å². The molecule has 1 heterocycles. The number of hydrogen-bond acceptors (Lipinski definition) is 3. The minimum absolute atomic E-state index is 0.165. The fourth-order valence-corrected chi connectivity index (χ4v) is 1.72. The average molecular weight is 218 g/mol. The highest BCUT2D eigenvalue weighted by Gasteiger charge is 2.26. The van der Waals surface area contributed by atoms with E-state index in [4.69, 9.17) is 5.11 Å². The molecule has 0 saturated carbocycles. The summed E-state index contributed by atoms with van der Waals surface area (Å²) in [7, 11) is 0. The number of hydrazone groups is 1. The fourth-order valence-electron chi connectivity index (χ4n) is 1.72. The molecule has 1 aliphatic heterocycles. The minimum atomic E-state index is -1.02. The molecule has 1 unspecified atom stereocenters. The number of nitrogens with one attached hydrogen (secondary N) is 1. The van der Waals surface area contributed by atoms with Crippen LogP contribution in [0, 0.1) is 0 Å². The van der Waals surface area contributed by atoms with Crippen molar-refractivity contribution in [2.24, 2.45) is 5.10 Å². The van der Waals surface area contributed by atoms with Gasteiger partial charge >= 0.3 is 5.97 Å². The first kappa shape index (κ1) is 10.4. The molecule has 5 nitrogen and oxygen atoms in total. The van der Waals surface area contributed by atoms with Gasteiger partial charge in [0.2, 0.25) is 5.91 Å². The van der Waals surface area contributed by atoms with Crippen molar-refractivity contribution in [1.29, 1.82) is 0 Å². The normalized spacial score (nSPS) is 19.2. The average Bonchev–Trinajstić information content (AvgIpc) is 2.29. The van der Waals surface area contributed by atoms with Crippen molar-refractivity contribution in [3.8, 4) is 0 Å². The van der Waals surface area contributed by atoms with Gasteiger partial charge in [-0.15, -0.1) is 0 Å². The third-order valence-corrected chi connectivity index (χ3v) is 2.49. The summed E-state index contributed by atoms with van der Waals surface area (Å²) in [5, 5.41) is 12.7. The molecule has 0 radical (unpaired) electrons. The van der Waals surface area contributed by atoms with Crippen molar-refractivity contribution in [3.63, 3.8) is 0 Å². The molecule has 1 aromatic carbocycles. The van der Waals surface area contributed by atoms with Gasteiger partial charge in [-0.1, -0.05) is 18.2 Å². The van der Waals surface area contributed by atoms with Crippen LogP contribution in [-0.2, 0) is 4.79 Å². The lowest BCUT2D eigenvalue weighted by Crippen LogP contribution is -2.30. The van der Waals surface area contributed by atoms with Crippen LogP contribution in [0.3, 0.4) is 0 Å². The predicted octanol–water partition coefficient (Wildman–Crippen LogP) is 0.974. The van der Waals surface area contributed by atoms with Crippen molar-refractivity contribution < 1.29 is 14.7 Å². The quantitative estimate of drug-likeness (QED) is 0.776. The van der Waals surface area contributed by atoms with E-state index in [2.05, 4.69) is 10.5 Å². The number of carbonyl (C=O) groups is 2. The van der Waals surface area contributed by atoms with E-state index in [1.54, 1.807) is 24.4 Å². The Kier molecular flexibility index (Phi) is 2.68. The Bertz CT molecular complexity index is 468. The first-order chi connectivity index (χ1) is 7.70. The van der Waals surface area contributed by atoms with Crippen LogP contribution >= 0.6 is 0 Å². The lowest BCUT2D eigenvalue weighted by atomic mass is 9.91. The molecule has 1 atom stereocenters. The molecule has 0 saturated heterocycles. The first-order valence-corrected chi connectivity index (χ1v) is 4.83. The van der Waals surface area contributed by atoms with E-state index < -0.39 is 11.9 Å². The highest BCUT2D eigenvalue weighted by molar-refractivity contribution is 5.95. The third-order valence-electron chi connectivity index (χ3n) is 2.49. The summed E-state index contributed by atoms with van der Waals surface area (Å²) in [6.45, 7) is 0. The van der Waals surface area contributed by atoms with Crippen LogP contribution in [0.15, 0.2) is 29.4 Å². The van der Waals surface area contributed by atoms with Gasteiger partial charge in [0.15, 0.2) is 0 Å². The molecule has 0 fully saturated rings. The molecule has 16 heavy (non-hydrogen) atoms. The molecule has 1 aromatic rings. The van der Waals surface area contributed by atoms with Gasteiger partial charge in [-0.05, 0) is 11.6 Å². The number of rotatable bonds is 2. The van der Waals surface area contributed by atoms with Gasteiger partial charge < -0.3 is 5.11 Å². The molecule has 1 amide bonds. The monoisotopic (exact) mass is 218 g/mol. The second kappa shape index (κ2) is 4.14. The number of hydrogen-bond donors (Lipinski definition) is 2. The van der Waals surface area contributed by atoms with Gasteiger partial charge in [0.05, 0.1) is 11.5 Å². The second-order valence-electron chi connectivity index (χ2n) is 3.47. The molecular weight excluding hydrogens is 208 g/mol. The summed E-state index contributed by atoms with van der Waals surface area (Å²) in [6, 6.07) is 6.52. The van der Waals surface area contributed by atoms with E-state index >= 15 is 0 Å². The van der Waals surface area contributed by atoms with Crippen molar-refractivity contribution >= 4 is 18.1 Å². The summed E-state index contributed by atoms with van der Waals surface area (Å²) < 4.78 is 0. The summed E-state index contributed by atoms with van der Waals surface area (Å²) >= 11 is 0. The molecule has 0 spiro atoms. The van der Waals surface area contributed by atoms with Crippen LogP contribution in [0.2, 0.25) is 0 Å². The van der Waals surface area contributed by atoms with Gasteiger partial charge in [0, 0.05) is 12.6 Å². The maximum absolute atomic E-state index is 11.6. The number of benzene rings is 1. The Hall–Kier alpha value is -2.17. The largest absolute Gasteiger partial charge is 0.478 e.